The number of carbonyl (C=O) groups excluding carboxylic acids is 2. The van der Waals surface area contributed by atoms with Crippen LogP contribution in [0.3, 0.4) is 0 Å². The molecule has 5 nitrogen and oxygen atoms in total. The Morgan fingerprint density at radius 1 is 0.893 bits per heavy atom. The van der Waals surface area contributed by atoms with Gasteiger partial charge in [-0.25, -0.2) is 4.79 Å². The molecule has 1 aromatic carbocycles. The van der Waals surface area contributed by atoms with Crippen LogP contribution in [-0.2, 0) is 17.1 Å². The fourth-order valence-electron chi connectivity index (χ4n) is 2.88. The van der Waals surface area contributed by atoms with Crippen LogP contribution in [0.5, 0.6) is 0 Å². The topological polar surface area (TPSA) is 70.2 Å². The predicted octanol–water partition coefficient (Wildman–Crippen LogP) is 4.29. The Morgan fingerprint density at radius 2 is 1.43 bits per heavy atom. The largest absolute Gasteiger partial charge is 0.416 e. The lowest BCUT2D eigenvalue weighted by atomic mass is 9.96. The van der Waals surface area contributed by atoms with Gasteiger partial charge in [-0.2, -0.15) is 26.3 Å². The van der Waals surface area contributed by atoms with Crippen LogP contribution >= 0.6 is 0 Å². The number of hydrogen-bond acceptors (Lipinski definition) is 3. The molecule has 1 aromatic rings. The Morgan fingerprint density at radius 3 is 1.93 bits per heavy atom. The number of urea groups is 1. The van der Waals surface area contributed by atoms with Gasteiger partial charge in [0.1, 0.15) is 0 Å². The molecule has 1 saturated carbocycles. The van der Waals surface area contributed by atoms with Crippen molar-refractivity contribution in [1.82, 2.24) is 10.6 Å². The first kappa shape index (κ1) is 21.8. The smallest absolute Gasteiger partial charge is 0.376 e. The number of benzene rings is 1. The minimum Gasteiger partial charge on any atom is -0.376 e. The average Bonchev–Trinajstić information content (AvgIpc) is 2.59. The van der Waals surface area contributed by atoms with Crippen molar-refractivity contribution in [2.45, 2.75) is 50.5 Å². The van der Waals surface area contributed by atoms with Crippen LogP contribution in [0.25, 0.3) is 0 Å². The number of amides is 3. The summed E-state index contributed by atoms with van der Waals surface area (Å²) in [5.41, 5.74) is -3.54. The number of nitrogens with one attached hydrogen (secondary N) is 3. The summed E-state index contributed by atoms with van der Waals surface area (Å²) in [6.07, 6.45) is -5.43. The van der Waals surface area contributed by atoms with E-state index in [1.807, 2.05) is 5.32 Å². The zero-order valence-electron chi connectivity index (χ0n) is 14.6. The molecular formula is C17H19F6N3O2. The second-order valence-corrected chi connectivity index (χ2v) is 6.50. The highest BCUT2D eigenvalue weighted by Crippen LogP contribution is 2.37. The highest BCUT2D eigenvalue weighted by atomic mass is 19.4. The molecule has 0 atom stereocenters. The summed E-state index contributed by atoms with van der Waals surface area (Å²) in [4.78, 5) is 23.5. The van der Waals surface area contributed by atoms with Crippen LogP contribution in [0.2, 0.25) is 0 Å². The van der Waals surface area contributed by atoms with Crippen molar-refractivity contribution in [2.24, 2.45) is 0 Å². The lowest BCUT2D eigenvalue weighted by Gasteiger charge is -2.22. The fourth-order valence-corrected chi connectivity index (χ4v) is 2.88. The molecule has 0 bridgehead atoms. The van der Waals surface area contributed by atoms with Gasteiger partial charge in [0.2, 0.25) is 5.91 Å². The van der Waals surface area contributed by atoms with E-state index in [1.54, 1.807) is 0 Å². The minimum atomic E-state index is -4.99. The first-order valence-electron chi connectivity index (χ1n) is 8.59. The quantitative estimate of drug-likeness (QED) is 0.648. The van der Waals surface area contributed by atoms with Gasteiger partial charge in [0, 0.05) is 11.7 Å². The summed E-state index contributed by atoms with van der Waals surface area (Å²) in [6, 6.07) is 0.101. The highest BCUT2D eigenvalue weighted by Gasteiger charge is 2.37. The van der Waals surface area contributed by atoms with Crippen molar-refractivity contribution in [3.63, 3.8) is 0 Å². The van der Waals surface area contributed by atoms with E-state index >= 15 is 0 Å². The lowest BCUT2D eigenvalue weighted by molar-refractivity contribution is -0.143. The lowest BCUT2D eigenvalue weighted by Crippen LogP contribution is -2.46. The molecule has 1 aliphatic carbocycles. The third kappa shape index (κ3) is 6.61. The molecule has 0 aliphatic heterocycles. The maximum Gasteiger partial charge on any atom is 0.416 e. The molecule has 0 unspecified atom stereocenters. The molecule has 1 fully saturated rings. The first-order chi connectivity index (χ1) is 12.9. The molecule has 2 rings (SSSR count). The van der Waals surface area contributed by atoms with E-state index in [2.05, 4.69) is 10.6 Å². The van der Waals surface area contributed by atoms with Gasteiger partial charge in [0.05, 0.1) is 17.7 Å². The van der Waals surface area contributed by atoms with Gasteiger partial charge >= 0.3 is 18.4 Å². The van der Waals surface area contributed by atoms with E-state index in [9.17, 15) is 35.9 Å². The maximum absolute atomic E-state index is 12.8. The molecule has 28 heavy (non-hydrogen) atoms. The van der Waals surface area contributed by atoms with Gasteiger partial charge in [-0.3, -0.25) is 10.1 Å². The van der Waals surface area contributed by atoms with Crippen molar-refractivity contribution in [3.8, 4) is 0 Å². The third-order valence-corrected chi connectivity index (χ3v) is 4.23. The second-order valence-electron chi connectivity index (χ2n) is 6.50. The van der Waals surface area contributed by atoms with Gasteiger partial charge in [-0.05, 0) is 31.0 Å². The molecule has 3 N–H and O–H groups in total. The number of halogens is 6. The van der Waals surface area contributed by atoms with Gasteiger partial charge in [-0.1, -0.05) is 19.3 Å². The van der Waals surface area contributed by atoms with Gasteiger partial charge in [-0.15, -0.1) is 0 Å². The number of hydrogen-bond donors (Lipinski definition) is 3. The zero-order chi connectivity index (χ0) is 20.9. The standard InChI is InChI=1S/C17H19F6N3O2/c18-16(19,20)10-6-11(17(21,22)23)8-13(7-10)24-9-14(27)26-15(28)25-12-4-2-1-3-5-12/h6-8,12,24H,1-5,9H2,(H2,25,26,27,28). The van der Waals surface area contributed by atoms with E-state index in [0.29, 0.717) is 12.1 Å². The van der Waals surface area contributed by atoms with Crippen LogP contribution < -0.4 is 16.0 Å². The molecule has 11 heteroatoms. The van der Waals surface area contributed by atoms with Crippen molar-refractivity contribution >= 4 is 17.6 Å². The molecule has 156 valence electrons. The van der Waals surface area contributed by atoms with Crippen LogP contribution in [-0.4, -0.2) is 24.5 Å². The predicted molar refractivity (Wildman–Crippen MR) is 88.5 cm³/mol. The number of anilines is 1. The normalized spacial score (nSPS) is 15.8. The monoisotopic (exact) mass is 411 g/mol. The summed E-state index contributed by atoms with van der Waals surface area (Å²) in [5, 5.41) is 6.79. The Kier molecular flexibility index (Phi) is 6.78. The van der Waals surface area contributed by atoms with E-state index in [4.69, 9.17) is 0 Å². The van der Waals surface area contributed by atoms with Crippen molar-refractivity contribution in [3.05, 3.63) is 29.3 Å². The number of alkyl halides is 6. The van der Waals surface area contributed by atoms with Crippen molar-refractivity contribution in [2.75, 3.05) is 11.9 Å². The minimum absolute atomic E-state index is 0.0110. The van der Waals surface area contributed by atoms with E-state index in [1.165, 1.54) is 0 Å². The van der Waals surface area contributed by atoms with Crippen molar-refractivity contribution in [1.29, 1.82) is 0 Å². The summed E-state index contributed by atoms with van der Waals surface area (Å²) in [6.45, 7) is -0.670. The van der Waals surface area contributed by atoms with Crippen LogP contribution in [0.4, 0.5) is 36.8 Å². The summed E-state index contributed by atoms with van der Waals surface area (Å²) < 4.78 is 76.8. The summed E-state index contributed by atoms with van der Waals surface area (Å²) in [7, 11) is 0. The van der Waals surface area contributed by atoms with Crippen LogP contribution in [0.1, 0.15) is 43.2 Å². The van der Waals surface area contributed by atoms with Gasteiger partial charge in [0.15, 0.2) is 0 Å². The number of rotatable bonds is 4. The summed E-state index contributed by atoms with van der Waals surface area (Å²) in [5.74, 6) is -0.890. The average molecular weight is 411 g/mol. The SMILES string of the molecule is O=C(CNc1cc(C(F)(F)F)cc(C(F)(F)F)c1)NC(=O)NC1CCCCC1. The van der Waals surface area contributed by atoms with E-state index in [0.717, 1.165) is 32.1 Å². The van der Waals surface area contributed by atoms with E-state index < -0.39 is 47.6 Å². The molecule has 0 spiro atoms. The van der Waals surface area contributed by atoms with Crippen LogP contribution in [0, 0.1) is 0 Å². The zero-order valence-corrected chi connectivity index (χ0v) is 14.6. The van der Waals surface area contributed by atoms with Crippen LogP contribution in [0.15, 0.2) is 18.2 Å². The fraction of sp³-hybridized carbons (Fsp3) is 0.529. The van der Waals surface area contributed by atoms with Gasteiger partial charge < -0.3 is 10.6 Å². The highest BCUT2D eigenvalue weighted by molar-refractivity contribution is 5.96. The maximum atomic E-state index is 12.8. The second kappa shape index (κ2) is 8.70. The Hall–Kier alpha value is -2.46. The third-order valence-electron chi connectivity index (χ3n) is 4.23. The molecule has 0 heterocycles. The Bertz CT molecular complexity index is 680. The Labute approximate surface area is 156 Å². The first-order valence-corrected chi connectivity index (χ1v) is 8.59. The number of carbonyl (C=O) groups is 2. The molecule has 3 amide bonds. The van der Waals surface area contributed by atoms with E-state index in [-0.39, 0.29) is 12.1 Å². The molecule has 0 radical (unpaired) electrons. The Balaban J connectivity index is 1.96. The molecule has 1 aliphatic rings. The molecule has 0 aromatic heterocycles. The van der Waals surface area contributed by atoms with Crippen molar-refractivity contribution < 1.29 is 35.9 Å². The number of imide groups is 1. The van der Waals surface area contributed by atoms with Gasteiger partial charge in [0.25, 0.3) is 0 Å². The summed E-state index contributed by atoms with van der Waals surface area (Å²) >= 11 is 0. The molecular weight excluding hydrogens is 392 g/mol. The molecule has 0 saturated heterocycles.